The minimum atomic E-state index is -0.912. The van der Waals surface area contributed by atoms with Crippen molar-refractivity contribution in [3.05, 3.63) is 71.8 Å². The van der Waals surface area contributed by atoms with Crippen LogP contribution >= 0.6 is 0 Å². The number of Topliss-reactive ketones (excluding diaryl/α,β-unsaturated/α-hetero) is 1. The highest BCUT2D eigenvalue weighted by Gasteiger charge is 2.25. The molecule has 0 fully saturated rings. The Morgan fingerprint density at radius 2 is 1.92 bits per heavy atom. The number of aryl methyl sites for hydroxylation is 1. The van der Waals surface area contributed by atoms with Crippen LogP contribution in [-0.2, 0) is 4.74 Å². The molecule has 4 aromatic rings. The number of nitrogens with one attached hydrogen (secondary N) is 1. The molecule has 0 aliphatic heterocycles. The molecule has 0 unspecified atom stereocenters. The Morgan fingerprint density at radius 1 is 1.15 bits per heavy atom. The van der Waals surface area contributed by atoms with E-state index in [1.54, 1.807) is 29.8 Å². The molecule has 0 aliphatic rings. The summed E-state index contributed by atoms with van der Waals surface area (Å²) < 4.78 is 7.11. The summed E-state index contributed by atoms with van der Waals surface area (Å²) in [7, 11) is 0. The van der Waals surface area contributed by atoms with Crippen molar-refractivity contribution < 1.29 is 14.3 Å². The number of H-pyrrole nitrogens is 1. The Kier molecular flexibility index (Phi) is 3.80. The van der Waals surface area contributed by atoms with E-state index < -0.39 is 12.1 Å². The molecular weight excluding hydrogens is 330 g/mol. The number of ketones is 1. The molecule has 0 radical (unpaired) electrons. The summed E-state index contributed by atoms with van der Waals surface area (Å²) in [4.78, 5) is 32.7. The zero-order chi connectivity index (χ0) is 18.3. The number of esters is 1. The van der Waals surface area contributed by atoms with Crippen LogP contribution in [0.15, 0.2) is 54.9 Å². The van der Waals surface area contributed by atoms with Crippen LogP contribution in [0.2, 0.25) is 0 Å². The number of imidazole rings is 1. The molecule has 0 saturated heterocycles. The summed E-state index contributed by atoms with van der Waals surface area (Å²) in [6.07, 6.45) is 2.47. The second-order valence-electron chi connectivity index (χ2n) is 6.17. The van der Waals surface area contributed by atoms with Gasteiger partial charge in [-0.05, 0) is 32.0 Å². The molecular formula is C20H17N3O3. The summed E-state index contributed by atoms with van der Waals surface area (Å²) in [5.74, 6) is -0.857. The summed E-state index contributed by atoms with van der Waals surface area (Å²) >= 11 is 0. The number of ether oxygens (including phenoxy) is 1. The lowest BCUT2D eigenvalue weighted by molar-refractivity contribution is 0.0314. The Hall–Kier alpha value is -3.41. The molecule has 4 rings (SSSR count). The van der Waals surface area contributed by atoms with Crippen molar-refractivity contribution in [1.29, 1.82) is 0 Å². The van der Waals surface area contributed by atoms with Gasteiger partial charge in [0.05, 0.1) is 0 Å². The highest BCUT2D eigenvalue weighted by atomic mass is 16.5. The number of rotatable bonds is 4. The minimum absolute atomic E-state index is 0.173. The molecule has 0 bridgehead atoms. The molecule has 0 spiro atoms. The van der Waals surface area contributed by atoms with E-state index in [2.05, 4.69) is 9.97 Å². The topological polar surface area (TPSA) is 76.5 Å². The van der Waals surface area contributed by atoms with Gasteiger partial charge >= 0.3 is 5.97 Å². The van der Waals surface area contributed by atoms with E-state index in [0.717, 1.165) is 16.6 Å². The van der Waals surface area contributed by atoms with Crippen LogP contribution in [0.5, 0.6) is 0 Å². The lowest BCUT2D eigenvalue weighted by Crippen LogP contribution is -2.25. The Labute approximate surface area is 149 Å². The second-order valence-corrected chi connectivity index (χ2v) is 6.17. The molecule has 0 amide bonds. The predicted molar refractivity (Wildman–Crippen MR) is 97.4 cm³/mol. The molecule has 130 valence electrons. The van der Waals surface area contributed by atoms with Crippen LogP contribution < -0.4 is 0 Å². The number of carbonyl (C=O) groups is 2. The first-order valence-electron chi connectivity index (χ1n) is 8.31. The Balaban J connectivity index is 1.58. The van der Waals surface area contributed by atoms with Crippen molar-refractivity contribution in [3.8, 4) is 0 Å². The first-order chi connectivity index (χ1) is 12.5. The Morgan fingerprint density at radius 3 is 2.73 bits per heavy atom. The van der Waals surface area contributed by atoms with E-state index >= 15 is 0 Å². The van der Waals surface area contributed by atoms with Gasteiger partial charge in [0.15, 0.2) is 11.8 Å². The quantitative estimate of drug-likeness (QED) is 0.452. The molecule has 6 nitrogen and oxygen atoms in total. The van der Waals surface area contributed by atoms with Gasteiger partial charge in [0, 0.05) is 34.6 Å². The highest BCUT2D eigenvalue weighted by molar-refractivity contribution is 6.11. The molecule has 6 heteroatoms. The van der Waals surface area contributed by atoms with Crippen LogP contribution in [-0.4, -0.2) is 32.2 Å². The lowest BCUT2D eigenvalue weighted by atomic mass is 10.0. The molecule has 26 heavy (non-hydrogen) atoms. The van der Waals surface area contributed by atoms with E-state index in [-0.39, 0.29) is 11.5 Å². The summed E-state index contributed by atoms with van der Waals surface area (Å²) in [6, 6.07) is 13.0. The number of nitrogens with zero attached hydrogens (tertiary/aromatic N) is 2. The lowest BCUT2D eigenvalue weighted by Gasteiger charge is -2.11. The molecule has 3 aromatic heterocycles. The van der Waals surface area contributed by atoms with Crippen LogP contribution in [0.25, 0.3) is 16.6 Å². The number of carbonyl (C=O) groups excluding carboxylic acids is 2. The number of fused-ring (bicyclic) bond motifs is 2. The SMILES string of the molecule is Cc1[nH]c2ccccc2c1C(=O)[C@@H](C)OC(=O)c1cn2ccccc2n1. The van der Waals surface area contributed by atoms with Crippen molar-refractivity contribution in [2.24, 2.45) is 0 Å². The molecule has 0 saturated carbocycles. The minimum Gasteiger partial charge on any atom is -0.449 e. The maximum atomic E-state index is 12.9. The largest absolute Gasteiger partial charge is 0.449 e. The zero-order valence-electron chi connectivity index (χ0n) is 14.4. The van der Waals surface area contributed by atoms with Gasteiger partial charge in [-0.2, -0.15) is 0 Å². The first-order valence-corrected chi connectivity index (χ1v) is 8.31. The van der Waals surface area contributed by atoms with Crippen LogP contribution in [0.4, 0.5) is 0 Å². The average Bonchev–Trinajstić information content (AvgIpc) is 3.21. The fourth-order valence-corrected chi connectivity index (χ4v) is 3.10. The standard InChI is InChI=1S/C20H17N3O3/c1-12-18(14-7-3-4-8-15(14)21-12)19(24)13(2)26-20(25)16-11-23-10-6-5-9-17(23)22-16/h3-11,13,21H,1-2H3/t13-/m1/s1. The number of aromatic nitrogens is 3. The number of benzene rings is 1. The fourth-order valence-electron chi connectivity index (χ4n) is 3.10. The third-order valence-electron chi connectivity index (χ3n) is 4.37. The second kappa shape index (κ2) is 6.15. The fraction of sp³-hybridized carbons (Fsp3) is 0.150. The predicted octanol–water partition coefficient (Wildman–Crippen LogP) is 3.55. The van der Waals surface area contributed by atoms with Crippen LogP contribution in [0, 0.1) is 6.92 Å². The summed E-state index contributed by atoms with van der Waals surface area (Å²) in [6.45, 7) is 3.42. The van der Waals surface area contributed by atoms with Gasteiger partial charge in [-0.3, -0.25) is 4.79 Å². The third-order valence-corrected chi connectivity index (χ3v) is 4.37. The number of hydrogen-bond donors (Lipinski definition) is 1. The molecule has 1 N–H and O–H groups in total. The zero-order valence-corrected chi connectivity index (χ0v) is 14.4. The van der Waals surface area contributed by atoms with Gasteiger partial charge in [0.2, 0.25) is 5.78 Å². The van der Waals surface area contributed by atoms with E-state index in [0.29, 0.717) is 11.2 Å². The first kappa shape index (κ1) is 16.1. The average molecular weight is 347 g/mol. The van der Waals surface area contributed by atoms with Crippen molar-refractivity contribution in [2.75, 3.05) is 0 Å². The van der Waals surface area contributed by atoms with Gasteiger partial charge in [0.25, 0.3) is 0 Å². The number of hydrogen-bond acceptors (Lipinski definition) is 4. The summed E-state index contributed by atoms with van der Waals surface area (Å²) in [5, 5.41) is 0.825. The van der Waals surface area contributed by atoms with E-state index in [9.17, 15) is 9.59 Å². The third kappa shape index (κ3) is 2.65. The highest BCUT2D eigenvalue weighted by Crippen LogP contribution is 2.24. The Bertz CT molecular complexity index is 1110. The maximum absolute atomic E-state index is 12.9. The van der Waals surface area contributed by atoms with Crippen molar-refractivity contribution in [2.45, 2.75) is 20.0 Å². The number of pyridine rings is 1. The number of para-hydroxylation sites is 1. The molecule has 0 aliphatic carbocycles. The van der Waals surface area contributed by atoms with Crippen LogP contribution in [0.3, 0.4) is 0 Å². The van der Waals surface area contributed by atoms with Crippen molar-refractivity contribution >= 4 is 28.3 Å². The van der Waals surface area contributed by atoms with Gasteiger partial charge in [-0.25, -0.2) is 9.78 Å². The van der Waals surface area contributed by atoms with Crippen LogP contribution in [0.1, 0.15) is 33.5 Å². The van der Waals surface area contributed by atoms with Gasteiger partial charge in [0.1, 0.15) is 5.65 Å². The van der Waals surface area contributed by atoms with E-state index in [4.69, 9.17) is 4.74 Å². The van der Waals surface area contributed by atoms with Crippen molar-refractivity contribution in [3.63, 3.8) is 0 Å². The monoisotopic (exact) mass is 347 g/mol. The van der Waals surface area contributed by atoms with Gasteiger partial charge in [-0.1, -0.05) is 24.3 Å². The molecule has 1 atom stereocenters. The summed E-state index contributed by atoms with van der Waals surface area (Å²) in [5.41, 5.74) is 3.01. The molecule has 1 aromatic carbocycles. The number of aromatic amines is 1. The molecule has 3 heterocycles. The van der Waals surface area contributed by atoms with E-state index in [1.165, 1.54) is 0 Å². The smallest absolute Gasteiger partial charge is 0.359 e. The van der Waals surface area contributed by atoms with E-state index in [1.807, 2.05) is 43.3 Å². The van der Waals surface area contributed by atoms with Gasteiger partial charge in [-0.15, -0.1) is 0 Å². The maximum Gasteiger partial charge on any atom is 0.359 e. The van der Waals surface area contributed by atoms with Gasteiger partial charge < -0.3 is 14.1 Å². The van der Waals surface area contributed by atoms with Crippen molar-refractivity contribution in [1.82, 2.24) is 14.4 Å². The normalized spacial score (nSPS) is 12.4.